The molecule has 0 atom stereocenters. The van der Waals surface area contributed by atoms with Gasteiger partial charge in [0.1, 0.15) is 0 Å². The molecular weight excluding hydrogens is 1090 g/mol. The molecule has 4 aliphatic heterocycles. The van der Waals surface area contributed by atoms with Crippen LogP contribution in [0.4, 0.5) is 11.6 Å². The van der Waals surface area contributed by atoms with E-state index in [0.717, 1.165) is 17.4 Å². The van der Waals surface area contributed by atoms with Gasteiger partial charge in [0.2, 0.25) is 0 Å². The topological polar surface area (TPSA) is 329 Å². The van der Waals surface area contributed by atoms with Crippen LogP contribution in [-0.4, -0.2) is 92.2 Å². The quantitative estimate of drug-likeness (QED) is 0.0680. The summed E-state index contributed by atoms with van der Waals surface area (Å²) < 4.78 is 122. The average molecular weight is 1120 g/mol. The molecule has 0 unspecified atom stereocenters. The molecule has 6 heterocycles. The van der Waals surface area contributed by atoms with Crippen molar-refractivity contribution in [3.8, 4) is 0 Å². The monoisotopic (exact) mass is 1120 g/mol. The second-order valence-electron chi connectivity index (χ2n) is 17.3. The molecular formula is C48H25GaN8O13S4-. The number of nitrogens with zero attached hydrogens (tertiary/aromatic N) is 6. The van der Waals surface area contributed by atoms with Gasteiger partial charge in [-0.1, -0.05) is 0 Å². The van der Waals surface area contributed by atoms with Gasteiger partial charge in [0.25, 0.3) is 0 Å². The molecule has 10 aromatic rings. The Balaban J connectivity index is 0.00000528. The average Bonchev–Trinajstić information content (AvgIpc) is 4.03. The summed E-state index contributed by atoms with van der Waals surface area (Å²) in [6.07, 6.45) is 0. The SMILES string of the molecule is O.O=S(=O)([O-])c1cccc2cc3c(cc12)C1=[NH+]c2c4cc5cccc(S(=O)(=O)[O-])c5cc4c4[n]2[Ga][n]2c(c5cc6c(S(=O)(=O)O)cccc6cc5c2=[NH+]C2=NC(=N4)c4cc5cccc(SOO[O-])c5cc42)=NC3=N1. The van der Waals surface area contributed by atoms with E-state index in [-0.39, 0.29) is 44.0 Å². The van der Waals surface area contributed by atoms with Crippen molar-refractivity contribution in [2.24, 2.45) is 20.0 Å². The molecule has 5 N–H and O–H groups in total. The zero-order valence-corrected chi connectivity index (χ0v) is 42.6. The first-order valence-electron chi connectivity index (χ1n) is 21.6. The normalized spacial score (nSPS) is 14.7. The predicted octanol–water partition coefficient (Wildman–Crippen LogP) is 0.705. The summed E-state index contributed by atoms with van der Waals surface area (Å²) in [5.74, 6) is 1.66. The molecule has 6 bridgehead atoms. The molecule has 1 radical (unpaired) electrons. The van der Waals surface area contributed by atoms with E-state index in [4.69, 9.17) is 24.3 Å². The Labute approximate surface area is 426 Å². The van der Waals surface area contributed by atoms with Crippen molar-refractivity contribution in [1.82, 2.24) is 6.55 Å². The van der Waals surface area contributed by atoms with Crippen LogP contribution < -0.4 is 26.2 Å². The van der Waals surface area contributed by atoms with Gasteiger partial charge in [-0.05, 0) is 0 Å². The Morgan fingerprint density at radius 3 is 1.80 bits per heavy atom. The second-order valence-corrected chi connectivity index (χ2v) is 24.8. The molecule has 8 aromatic carbocycles. The van der Waals surface area contributed by atoms with Gasteiger partial charge in [-0.3, -0.25) is 0 Å². The van der Waals surface area contributed by atoms with Gasteiger partial charge in [-0.25, -0.2) is 0 Å². The number of hydrogen-bond acceptors (Lipinski definition) is 16. The van der Waals surface area contributed by atoms with E-state index >= 15 is 0 Å². The van der Waals surface area contributed by atoms with Crippen LogP contribution in [0.25, 0.3) is 64.6 Å². The van der Waals surface area contributed by atoms with Gasteiger partial charge in [0, 0.05) is 0 Å². The van der Waals surface area contributed by atoms with Crippen molar-refractivity contribution < 1.29 is 69.0 Å². The molecule has 0 amide bonds. The van der Waals surface area contributed by atoms with Crippen LogP contribution in [0.3, 0.4) is 0 Å². The summed E-state index contributed by atoms with van der Waals surface area (Å²) in [6.45, 7) is 0. The number of nitrogens with one attached hydrogen (secondary N) is 2. The first kappa shape index (κ1) is 46.5. The maximum atomic E-state index is 13.0. The first-order chi connectivity index (χ1) is 35.0. The Morgan fingerprint density at radius 2 is 1.12 bits per heavy atom. The third-order valence-electron chi connectivity index (χ3n) is 13.4. The Morgan fingerprint density at radius 1 is 0.554 bits per heavy atom. The van der Waals surface area contributed by atoms with Gasteiger partial charge >= 0.3 is 424 Å². The van der Waals surface area contributed by atoms with Crippen molar-refractivity contribution in [2.75, 3.05) is 0 Å². The summed E-state index contributed by atoms with van der Waals surface area (Å²) in [4.78, 5) is 27.3. The molecule has 2 aromatic heterocycles. The standard InChI is InChI=1S/C48H24N8O12S4.Ga.H2O/c57-67-68-69-37-9-1-5-21-13-29-33(17-25(21)37)45-49-41(29)51-46-35-19-27-23(7-3-11-39(27)71(61,62)63)15-31(35)43(53-46)55-48-36-20-28-24(8-4-12-40(28)72(64,65)66)16-32(36)44(56-48)54-47-34-18-26-22(14-30(34)42(50-45)52-47)6-2-10-38(26)70(58,59)60;;/h1-20H,(H4-2,49,50,51,52,53,54,55,56,57,58,59,60,61,62,63,64,65,66);;1H2/q-2;+2;/p-1. The fourth-order valence-electron chi connectivity index (χ4n) is 10.3. The molecule has 74 heavy (non-hydrogen) atoms. The molecule has 0 saturated heterocycles. The zero-order chi connectivity index (χ0) is 50.0. The molecule has 0 saturated carbocycles. The zero-order valence-electron chi connectivity index (χ0n) is 36.9. The van der Waals surface area contributed by atoms with Crippen molar-refractivity contribution in [3.05, 3.63) is 155 Å². The maximum absolute atomic E-state index is 13.0. The Hall–Kier alpha value is -7.28. The third kappa shape index (κ3) is 6.93. The summed E-state index contributed by atoms with van der Waals surface area (Å²) in [7, 11) is -14.7. The summed E-state index contributed by atoms with van der Waals surface area (Å²) >= 11 is -1.65. The van der Waals surface area contributed by atoms with Gasteiger partial charge in [-0.2, -0.15) is 0 Å². The van der Waals surface area contributed by atoms with E-state index in [1.807, 2.05) is 24.7 Å². The molecule has 26 heteroatoms. The number of aromatic nitrogens is 2. The molecule has 363 valence electrons. The van der Waals surface area contributed by atoms with E-state index in [1.165, 1.54) is 36.4 Å². The number of aliphatic imine (C=N–C) groups is 3. The van der Waals surface area contributed by atoms with Crippen molar-refractivity contribution in [2.45, 2.75) is 19.6 Å². The fourth-order valence-corrected chi connectivity index (χ4v) is 16.0. The van der Waals surface area contributed by atoms with Gasteiger partial charge in [0.15, 0.2) is 0 Å². The minimum atomic E-state index is -5.00. The number of rotatable bonds is 6. The van der Waals surface area contributed by atoms with E-state index in [2.05, 4.69) is 15.0 Å². The number of benzene rings is 8. The van der Waals surface area contributed by atoms with E-state index in [1.54, 1.807) is 66.7 Å². The fraction of sp³-hybridized carbons (Fsp3) is 0. The number of hydrogen-bond donors (Lipinski definition) is 3. The van der Waals surface area contributed by atoms with Crippen LogP contribution in [0.1, 0.15) is 22.3 Å². The summed E-state index contributed by atoms with van der Waals surface area (Å²) in [6, 6.07) is 32.4. The Kier molecular flexibility index (Phi) is 10.1. The van der Waals surface area contributed by atoms with Crippen LogP contribution in [0, 0.1) is 0 Å². The molecule has 14 rings (SSSR count). The van der Waals surface area contributed by atoms with Crippen LogP contribution in [0.2, 0.25) is 0 Å². The minimum absolute atomic E-state index is 0. The van der Waals surface area contributed by atoms with Gasteiger partial charge in [0.05, 0.1) is 0 Å². The Bertz CT molecular complexity index is 4980. The van der Waals surface area contributed by atoms with E-state index in [0.29, 0.717) is 98.7 Å². The van der Waals surface area contributed by atoms with Crippen LogP contribution >= 0.6 is 12.0 Å². The van der Waals surface area contributed by atoms with E-state index in [9.17, 15) is 44.2 Å². The number of fused-ring (bicyclic) bond motifs is 18. The van der Waals surface area contributed by atoms with Crippen LogP contribution in [0.5, 0.6) is 0 Å². The van der Waals surface area contributed by atoms with Crippen LogP contribution in [0.15, 0.2) is 161 Å². The second kappa shape index (κ2) is 16.1. The molecule has 0 aliphatic carbocycles. The van der Waals surface area contributed by atoms with Crippen LogP contribution in [-0.2, 0) is 39.7 Å². The summed E-state index contributed by atoms with van der Waals surface area (Å²) in [5, 5.41) is 19.7. The molecule has 4 aliphatic rings. The van der Waals surface area contributed by atoms with Gasteiger partial charge in [-0.15, -0.1) is 0 Å². The van der Waals surface area contributed by atoms with Crippen molar-refractivity contribution in [3.63, 3.8) is 0 Å². The third-order valence-corrected chi connectivity index (χ3v) is 19.8. The van der Waals surface area contributed by atoms with Gasteiger partial charge < -0.3 is 5.48 Å². The van der Waals surface area contributed by atoms with Crippen molar-refractivity contribution in [1.29, 1.82) is 0 Å². The molecule has 0 spiro atoms. The predicted molar refractivity (Wildman–Crippen MR) is 266 cm³/mol. The molecule has 21 nitrogen and oxygen atoms in total. The first-order valence-corrected chi connectivity index (χ1v) is 28.8. The van der Waals surface area contributed by atoms with Crippen molar-refractivity contribution >= 4 is 160 Å². The number of amidine groups is 4. The summed E-state index contributed by atoms with van der Waals surface area (Å²) in [5.41, 5.74) is 2.75. The van der Waals surface area contributed by atoms with E-state index < -0.39 is 58.0 Å². The molecule has 0 fully saturated rings.